The number of nitrogens with two attached hydrogens (primary N) is 1. The second kappa shape index (κ2) is 8.82. The van der Waals surface area contributed by atoms with Crippen molar-refractivity contribution in [1.82, 2.24) is 5.32 Å². The van der Waals surface area contributed by atoms with Crippen LogP contribution in [-0.4, -0.2) is 18.8 Å². The van der Waals surface area contributed by atoms with E-state index < -0.39 is 0 Å². The van der Waals surface area contributed by atoms with Gasteiger partial charge in [-0.05, 0) is 31.9 Å². The summed E-state index contributed by atoms with van der Waals surface area (Å²) in [7, 11) is 0. The van der Waals surface area contributed by atoms with Gasteiger partial charge in [0.25, 0.3) is 0 Å². The maximum absolute atomic E-state index is 8.21. The molecule has 0 amide bonds. The molecule has 4 N–H and O–H groups in total. The summed E-state index contributed by atoms with van der Waals surface area (Å²) in [6.07, 6.45) is 1.62. The van der Waals surface area contributed by atoms with Crippen molar-refractivity contribution in [3.8, 4) is 0 Å². The van der Waals surface area contributed by atoms with Gasteiger partial charge in [0.05, 0.1) is 4.91 Å². The first-order valence-electron chi connectivity index (χ1n) is 7.11. The van der Waals surface area contributed by atoms with Crippen LogP contribution in [0.25, 0.3) is 0 Å². The number of allylic oxidation sites excluding steroid dienone is 2. The van der Waals surface area contributed by atoms with Gasteiger partial charge in [-0.25, -0.2) is 0 Å². The molecule has 0 aromatic heterocycles. The minimum absolute atomic E-state index is 0.603. The third-order valence-electron chi connectivity index (χ3n) is 2.98. The largest absolute Gasteiger partial charge is 0.386 e. The van der Waals surface area contributed by atoms with Crippen LogP contribution in [0.5, 0.6) is 0 Å². The summed E-state index contributed by atoms with van der Waals surface area (Å²) in [4.78, 5) is 2.21. The number of rotatable bonds is 8. The summed E-state index contributed by atoms with van der Waals surface area (Å²) < 4.78 is 0. The molecule has 1 rings (SSSR count). The molecule has 20 heavy (non-hydrogen) atoms. The molecule has 0 aliphatic heterocycles. The van der Waals surface area contributed by atoms with Crippen LogP contribution in [0.2, 0.25) is 0 Å². The molecule has 1 aromatic rings. The molecular weight excluding hydrogens is 266 g/mol. The predicted octanol–water partition coefficient (Wildman–Crippen LogP) is 3.69. The van der Waals surface area contributed by atoms with Crippen molar-refractivity contribution in [2.75, 3.05) is 13.1 Å². The standard InChI is InChI=1S/C16H25N3S/c1-4-14(18)16(15(5-2)19-11-10-17)20-13-8-6-12(3)7-9-13/h6-9,18-19H,4-5,10-11,17H2,1-3H3/b16-15+,18-14?. The summed E-state index contributed by atoms with van der Waals surface area (Å²) in [5.41, 5.74) is 8.61. The molecule has 0 fully saturated rings. The second-order valence-electron chi connectivity index (χ2n) is 4.62. The normalized spacial score (nSPS) is 12.0. The summed E-state index contributed by atoms with van der Waals surface area (Å²) in [6, 6.07) is 8.43. The number of benzene rings is 1. The fraction of sp³-hybridized carbons (Fsp3) is 0.438. The fourth-order valence-electron chi connectivity index (χ4n) is 1.78. The van der Waals surface area contributed by atoms with Crippen molar-refractivity contribution in [3.05, 3.63) is 40.4 Å². The highest BCUT2D eigenvalue weighted by atomic mass is 32.2. The van der Waals surface area contributed by atoms with Crippen molar-refractivity contribution >= 4 is 17.5 Å². The predicted molar refractivity (Wildman–Crippen MR) is 89.4 cm³/mol. The Kier molecular flexibility index (Phi) is 7.41. The van der Waals surface area contributed by atoms with Gasteiger partial charge in [0.2, 0.25) is 0 Å². The molecule has 0 heterocycles. The van der Waals surface area contributed by atoms with E-state index in [2.05, 4.69) is 43.4 Å². The molecule has 0 saturated carbocycles. The minimum atomic E-state index is 0.603. The van der Waals surface area contributed by atoms with Gasteiger partial charge in [0, 0.05) is 29.4 Å². The molecule has 0 atom stereocenters. The van der Waals surface area contributed by atoms with Crippen LogP contribution in [0.3, 0.4) is 0 Å². The summed E-state index contributed by atoms with van der Waals surface area (Å²) >= 11 is 1.66. The number of hydrogen-bond acceptors (Lipinski definition) is 4. The van der Waals surface area contributed by atoms with Gasteiger partial charge in [-0.15, -0.1) is 0 Å². The zero-order valence-electron chi connectivity index (χ0n) is 12.6. The van der Waals surface area contributed by atoms with Crippen LogP contribution in [0, 0.1) is 12.3 Å². The van der Waals surface area contributed by atoms with Gasteiger partial charge < -0.3 is 16.5 Å². The molecule has 0 unspecified atom stereocenters. The van der Waals surface area contributed by atoms with Crippen LogP contribution in [0.1, 0.15) is 32.3 Å². The van der Waals surface area contributed by atoms with Gasteiger partial charge in [-0.1, -0.05) is 43.3 Å². The molecule has 0 aliphatic rings. The highest BCUT2D eigenvalue weighted by Gasteiger charge is 2.11. The van der Waals surface area contributed by atoms with Gasteiger partial charge in [0.1, 0.15) is 0 Å². The Bertz CT molecular complexity index is 463. The topological polar surface area (TPSA) is 61.9 Å². The fourth-order valence-corrected chi connectivity index (χ4v) is 2.89. The molecular formula is C16H25N3S. The van der Waals surface area contributed by atoms with Crippen LogP contribution < -0.4 is 11.1 Å². The lowest BCUT2D eigenvalue weighted by molar-refractivity contribution is 0.764. The average Bonchev–Trinajstić information content (AvgIpc) is 2.47. The number of hydrogen-bond donors (Lipinski definition) is 3. The molecule has 0 bridgehead atoms. The van der Waals surface area contributed by atoms with Gasteiger partial charge in [-0.3, -0.25) is 0 Å². The zero-order valence-corrected chi connectivity index (χ0v) is 13.4. The summed E-state index contributed by atoms with van der Waals surface area (Å²) in [5, 5.41) is 11.6. The molecule has 0 saturated heterocycles. The van der Waals surface area contributed by atoms with E-state index in [1.54, 1.807) is 11.8 Å². The van der Waals surface area contributed by atoms with Crippen molar-refractivity contribution in [2.45, 2.75) is 38.5 Å². The molecule has 4 heteroatoms. The first-order valence-corrected chi connectivity index (χ1v) is 7.93. The first kappa shape index (κ1) is 16.8. The van der Waals surface area contributed by atoms with Crippen LogP contribution in [0.4, 0.5) is 0 Å². The lowest BCUT2D eigenvalue weighted by atomic mass is 10.2. The zero-order chi connectivity index (χ0) is 15.0. The van der Waals surface area contributed by atoms with Crippen LogP contribution >= 0.6 is 11.8 Å². The Labute approximate surface area is 126 Å². The first-order chi connectivity index (χ1) is 9.62. The molecule has 0 spiro atoms. The summed E-state index contributed by atoms with van der Waals surface area (Å²) in [5.74, 6) is 0. The highest BCUT2D eigenvalue weighted by Crippen LogP contribution is 2.31. The highest BCUT2D eigenvalue weighted by molar-refractivity contribution is 8.04. The lowest BCUT2D eigenvalue weighted by Gasteiger charge is -2.16. The molecule has 1 aromatic carbocycles. The smallest absolute Gasteiger partial charge is 0.0519 e. The van der Waals surface area contributed by atoms with E-state index in [1.807, 2.05) is 6.92 Å². The Morgan fingerprint density at radius 3 is 2.35 bits per heavy atom. The number of thioether (sulfide) groups is 1. The van der Waals surface area contributed by atoms with Gasteiger partial charge in [0.15, 0.2) is 0 Å². The molecule has 110 valence electrons. The maximum Gasteiger partial charge on any atom is 0.0519 e. The van der Waals surface area contributed by atoms with E-state index in [9.17, 15) is 0 Å². The quantitative estimate of drug-likeness (QED) is 0.505. The van der Waals surface area contributed by atoms with E-state index in [-0.39, 0.29) is 0 Å². The number of nitrogens with one attached hydrogen (secondary N) is 2. The van der Waals surface area contributed by atoms with Crippen molar-refractivity contribution in [2.24, 2.45) is 5.73 Å². The Morgan fingerprint density at radius 1 is 1.20 bits per heavy atom. The third-order valence-corrected chi connectivity index (χ3v) is 4.18. The summed E-state index contributed by atoms with van der Waals surface area (Å²) in [6.45, 7) is 7.56. The van der Waals surface area contributed by atoms with Crippen molar-refractivity contribution < 1.29 is 0 Å². The maximum atomic E-state index is 8.21. The molecule has 0 radical (unpaired) electrons. The third kappa shape index (κ3) is 5.02. The lowest BCUT2D eigenvalue weighted by Crippen LogP contribution is -2.23. The van der Waals surface area contributed by atoms with E-state index in [1.165, 1.54) is 10.5 Å². The van der Waals surface area contributed by atoms with Crippen molar-refractivity contribution in [1.29, 1.82) is 5.41 Å². The second-order valence-corrected chi connectivity index (χ2v) is 5.71. The Balaban J connectivity index is 3.01. The SMILES string of the molecule is CCC(=N)/C(Sc1ccc(C)cc1)=C(/CC)NCCN. The monoisotopic (exact) mass is 291 g/mol. The van der Waals surface area contributed by atoms with Crippen LogP contribution in [0.15, 0.2) is 39.8 Å². The minimum Gasteiger partial charge on any atom is -0.386 e. The van der Waals surface area contributed by atoms with Gasteiger partial charge in [-0.2, -0.15) is 0 Å². The van der Waals surface area contributed by atoms with E-state index in [4.69, 9.17) is 11.1 Å². The number of aryl methyl sites for hydroxylation is 1. The Hall–Kier alpha value is -1.26. The van der Waals surface area contributed by atoms with E-state index in [0.717, 1.165) is 30.0 Å². The van der Waals surface area contributed by atoms with E-state index in [0.29, 0.717) is 12.3 Å². The molecule has 0 aliphatic carbocycles. The van der Waals surface area contributed by atoms with Crippen molar-refractivity contribution in [3.63, 3.8) is 0 Å². The molecule has 3 nitrogen and oxygen atoms in total. The Morgan fingerprint density at radius 2 is 1.85 bits per heavy atom. The van der Waals surface area contributed by atoms with Gasteiger partial charge >= 0.3 is 0 Å². The average molecular weight is 291 g/mol. The van der Waals surface area contributed by atoms with E-state index >= 15 is 0 Å². The van der Waals surface area contributed by atoms with Crippen LogP contribution in [-0.2, 0) is 0 Å².